The number of carbonyl (C=O) groups is 1. The van der Waals surface area contributed by atoms with Crippen molar-refractivity contribution in [2.45, 2.75) is 32.2 Å². The molecule has 1 aromatic rings. The van der Waals surface area contributed by atoms with Crippen molar-refractivity contribution in [3.05, 3.63) is 35.6 Å². The molecule has 2 saturated heterocycles. The van der Waals surface area contributed by atoms with Crippen LogP contribution in [0.1, 0.15) is 31.2 Å². The van der Waals surface area contributed by atoms with Gasteiger partial charge in [-0.3, -0.25) is 9.69 Å². The number of rotatable bonds is 7. The predicted octanol–water partition coefficient (Wildman–Crippen LogP) is 3.01. The molecule has 5 nitrogen and oxygen atoms in total. The van der Waals surface area contributed by atoms with Crippen LogP contribution in [0.4, 0.5) is 4.39 Å². The lowest BCUT2D eigenvalue weighted by Crippen LogP contribution is -2.49. The standard InChI is InChI=1S/C21H32FN3O2.2ClH/c1-27-16-21(7-9-23-10-8-21)15-24-20(26)18-5-3-11-25(14-18)13-17-4-2-6-19(22)12-17;;/h2,4,6,12,18,23H,3,5,7-11,13-16H2,1H3,(H,24,26);2*1H. The van der Waals surface area contributed by atoms with E-state index >= 15 is 0 Å². The van der Waals surface area contributed by atoms with E-state index in [0.29, 0.717) is 19.7 Å². The fraction of sp³-hybridized carbons (Fsp3) is 0.667. The van der Waals surface area contributed by atoms with Gasteiger partial charge in [0.25, 0.3) is 0 Å². The lowest BCUT2D eigenvalue weighted by molar-refractivity contribution is -0.127. The first kappa shape index (κ1) is 26.1. The highest BCUT2D eigenvalue weighted by Crippen LogP contribution is 2.28. The number of ether oxygens (including phenoxy) is 1. The molecule has 1 aromatic carbocycles. The van der Waals surface area contributed by atoms with Crippen molar-refractivity contribution < 1.29 is 13.9 Å². The van der Waals surface area contributed by atoms with Crippen molar-refractivity contribution in [2.24, 2.45) is 11.3 Å². The Hall–Kier alpha value is -0.920. The molecule has 8 heteroatoms. The second kappa shape index (κ2) is 12.7. The summed E-state index contributed by atoms with van der Waals surface area (Å²) in [5.41, 5.74) is 1.01. The summed E-state index contributed by atoms with van der Waals surface area (Å²) < 4.78 is 18.8. The highest BCUT2D eigenvalue weighted by atomic mass is 35.5. The Morgan fingerprint density at radius 2 is 2.10 bits per heavy atom. The molecule has 2 N–H and O–H groups in total. The summed E-state index contributed by atoms with van der Waals surface area (Å²) in [6, 6.07) is 6.73. The maximum Gasteiger partial charge on any atom is 0.224 e. The van der Waals surface area contributed by atoms with E-state index in [1.165, 1.54) is 6.07 Å². The van der Waals surface area contributed by atoms with Gasteiger partial charge in [-0.25, -0.2) is 4.39 Å². The van der Waals surface area contributed by atoms with Gasteiger partial charge in [0.05, 0.1) is 12.5 Å². The topological polar surface area (TPSA) is 53.6 Å². The molecule has 3 rings (SSSR count). The van der Waals surface area contributed by atoms with Crippen LogP contribution in [0.2, 0.25) is 0 Å². The van der Waals surface area contributed by atoms with Gasteiger partial charge in [-0.1, -0.05) is 12.1 Å². The van der Waals surface area contributed by atoms with E-state index in [0.717, 1.165) is 57.4 Å². The van der Waals surface area contributed by atoms with E-state index in [2.05, 4.69) is 15.5 Å². The molecule has 1 unspecified atom stereocenters. The van der Waals surface area contributed by atoms with Crippen LogP contribution < -0.4 is 10.6 Å². The maximum atomic E-state index is 13.4. The lowest BCUT2D eigenvalue weighted by Gasteiger charge is -2.38. The summed E-state index contributed by atoms with van der Waals surface area (Å²) in [5, 5.41) is 6.59. The normalized spacial score (nSPS) is 21.5. The Morgan fingerprint density at radius 1 is 1.34 bits per heavy atom. The van der Waals surface area contributed by atoms with Gasteiger partial charge in [-0.2, -0.15) is 0 Å². The number of nitrogens with one attached hydrogen (secondary N) is 2. The molecule has 0 saturated carbocycles. The summed E-state index contributed by atoms with van der Waals surface area (Å²) in [7, 11) is 1.73. The molecule has 166 valence electrons. The van der Waals surface area contributed by atoms with Crippen molar-refractivity contribution in [2.75, 3.05) is 46.4 Å². The fourth-order valence-corrected chi connectivity index (χ4v) is 4.36. The Kier molecular flexibility index (Phi) is 11.4. The van der Waals surface area contributed by atoms with Crippen molar-refractivity contribution in [1.82, 2.24) is 15.5 Å². The molecule has 0 bridgehead atoms. The first-order valence-electron chi connectivity index (χ1n) is 10.0. The molecule has 0 radical (unpaired) electrons. The van der Waals surface area contributed by atoms with Crippen molar-refractivity contribution >= 4 is 30.7 Å². The Labute approximate surface area is 186 Å². The Morgan fingerprint density at radius 3 is 2.79 bits per heavy atom. The van der Waals surface area contributed by atoms with Crippen LogP contribution in [0.15, 0.2) is 24.3 Å². The number of amides is 1. The smallest absolute Gasteiger partial charge is 0.224 e. The molecule has 1 amide bonds. The summed E-state index contributed by atoms with van der Waals surface area (Å²) in [5.74, 6) is -0.0502. The number of hydrogen-bond acceptors (Lipinski definition) is 4. The number of benzene rings is 1. The molecule has 2 aliphatic heterocycles. The van der Waals surface area contributed by atoms with Gasteiger partial charge in [0.1, 0.15) is 5.82 Å². The molecule has 0 aromatic heterocycles. The fourth-order valence-electron chi connectivity index (χ4n) is 4.36. The SMILES string of the molecule is COCC1(CNC(=O)C2CCCN(Cc3cccc(F)c3)C2)CCNCC1.Cl.Cl. The summed E-state index contributed by atoms with van der Waals surface area (Å²) in [6.07, 6.45) is 3.97. The highest BCUT2D eigenvalue weighted by molar-refractivity contribution is 5.85. The molecule has 2 heterocycles. The van der Waals surface area contributed by atoms with Crippen LogP contribution in [0, 0.1) is 17.2 Å². The van der Waals surface area contributed by atoms with E-state index < -0.39 is 0 Å². The van der Waals surface area contributed by atoms with Crippen LogP contribution in [0.5, 0.6) is 0 Å². The molecule has 2 aliphatic rings. The largest absolute Gasteiger partial charge is 0.384 e. The minimum Gasteiger partial charge on any atom is -0.384 e. The average molecular weight is 450 g/mol. The zero-order valence-corrected chi connectivity index (χ0v) is 18.8. The van der Waals surface area contributed by atoms with E-state index in [9.17, 15) is 9.18 Å². The van der Waals surface area contributed by atoms with Crippen LogP contribution >= 0.6 is 24.8 Å². The van der Waals surface area contributed by atoms with Crippen LogP contribution in [0.3, 0.4) is 0 Å². The number of hydrogen-bond donors (Lipinski definition) is 2. The molecule has 29 heavy (non-hydrogen) atoms. The number of nitrogens with zero attached hydrogens (tertiary/aromatic N) is 1. The summed E-state index contributed by atoms with van der Waals surface area (Å²) in [4.78, 5) is 15.0. The summed E-state index contributed by atoms with van der Waals surface area (Å²) >= 11 is 0. The van der Waals surface area contributed by atoms with Gasteiger partial charge in [-0.05, 0) is 63.0 Å². The zero-order valence-electron chi connectivity index (χ0n) is 17.1. The van der Waals surface area contributed by atoms with Gasteiger partial charge in [0.15, 0.2) is 0 Å². The third-order valence-corrected chi connectivity index (χ3v) is 5.92. The van der Waals surface area contributed by atoms with Gasteiger partial charge < -0.3 is 15.4 Å². The minimum absolute atomic E-state index is 0. The third-order valence-electron chi connectivity index (χ3n) is 5.92. The van der Waals surface area contributed by atoms with Gasteiger partial charge in [0.2, 0.25) is 5.91 Å². The third kappa shape index (κ3) is 7.68. The van der Waals surface area contributed by atoms with Crippen molar-refractivity contribution in [3.63, 3.8) is 0 Å². The van der Waals surface area contributed by atoms with Crippen molar-refractivity contribution in [3.8, 4) is 0 Å². The Balaban J connectivity index is 0.00000210. The highest BCUT2D eigenvalue weighted by Gasteiger charge is 2.34. The average Bonchev–Trinajstić information content (AvgIpc) is 2.67. The summed E-state index contributed by atoms with van der Waals surface area (Å²) in [6.45, 7) is 5.71. The molecule has 0 spiro atoms. The number of carbonyl (C=O) groups excluding carboxylic acids is 1. The van der Waals surface area contributed by atoms with E-state index in [-0.39, 0.29) is 47.9 Å². The van der Waals surface area contributed by atoms with E-state index in [4.69, 9.17) is 4.74 Å². The second-order valence-corrected chi connectivity index (χ2v) is 8.11. The quantitative estimate of drug-likeness (QED) is 0.671. The molecular formula is C21H34Cl2FN3O2. The zero-order chi connectivity index (χ0) is 19.1. The molecular weight excluding hydrogens is 416 g/mol. The van der Waals surface area contributed by atoms with Crippen LogP contribution in [-0.4, -0.2) is 57.2 Å². The number of halogens is 3. The molecule has 2 fully saturated rings. The minimum atomic E-state index is -0.204. The van der Waals surface area contributed by atoms with Gasteiger partial charge in [0, 0.05) is 32.2 Å². The molecule has 1 atom stereocenters. The second-order valence-electron chi connectivity index (χ2n) is 8.11. The van der Waals surface area contributed by atoms with Gasteiger partial charge in [-0.15, -0.1) is 24.8 Å². The first-order valence-corrected chi connectivity index (χ1v) is 10.0. The monoisotopic (exact) mass is 449 g/mol. The van der Waals surface area contributed by atoms with Crippen LogP contribution in [-0.2, 0) is 16.1 Å². The number of likely N-dealkylation sites (tertiary alicyclic amines) is 1. The number of methoxy groups -OCH3 is 1. The van der Waals surface area contributed by atoms with Gasteiger partial charge >= 0.3 is 0 Å². The van der Waals surface area contributed by atoms with E-state index in [1.54, 1.807) is 19.2 Å². The van der Waals surface area contributed by atoms with Crippen molar-refractivity contribution in [1.29, 1.82) is 0 Å². The Bertz CT molecular complexity index is 624. The maximum absolute atomic E-state index is 13.4. The van der Waals surface area contributed by atoms with Crippen LogP contribution in [0.25, 0.3) is 0 Å². The first-order chi connectivity index (χ1) is 13.1. The lowest BCUT2D eigenvalue weighted by atomic mass is 9.79. The predicted molar refractivity (Wildman–Crippen MR) is 118 cm³/mol. The molecule has 0 aliphatic carbocycles. The van der Waals surface area contributed by atoms with E-state index in [1.807, 2.05) is 6.07 Å². The number of piperidine rings is 2.